The van der Waals surface area contributed by atoms with Crippen LogP contribution in [0.15, 0.2) is 24.4 Å². The van der Waals surface area contributed by atoms with E-state index in [2.05, 4.69) is 32.0 Å². The number of aromatic nitrogens is 2. The van der Waals surface area contributed by atoms with Gasteiger partial charge in [0, 0.05) is 31.4 Å². The molecule has 1 amide bonds. The Kier molecular flexibility index (Phi) is 8.09. The monoisotopic (exact) mass is 485 g/mol. The quantitative estimate of drug-likeness (QED) is 0.361. The molecule has 2 unspecified atom stereocenters. The Bertz CT molecular complexity index is 1100. The minimum Gasteiger partial charge on any atom is -0.391 e. The molecule has 10 nitrogen and oxygen atoms in total. The lowest BCUT2D eigenvalue weighted by Gasteiger charge is -2.23. The van der Waals surface area contributed by atoms with Crippen LogP contribution in [0.3, 0.4) is 0 Å². The fourth-order valence-electron chi connectivity index (χ4n) is 3.57. The van der Waals surface area contributed by atoms with E-state index in [0.29, 0.717) is 48.2 Å². The topological polar surface area (TPSA) is 146 Å². The molecule has 0 aromatic carbocycles. The maximum atomic E-state index is 14.1. The summed E-state index contributed by atoms with van der Waals surface area (Å²) in [5, 5.41) is 37.9. The number of carbonyl (C=O) groups is 1. The molecule has 1 fully saturated rings. The lowest BCUT2D eigenvalue weighted by atomic mass is 10.0. The second kappa shape index (κ2) is 10.8. The van der Waals surface area contributed by atoms with Gasteiger partial charge in [0.05, 0.1) is 35.1 Å². The Morgan fingerprint density at radius 1 is 1.37 bits per heavy atom. The summed E-state index contributed by atoms with van der Waals surface area (Å²) in [5.74, 6) is 0.823. The molecular formula is C24H32FN7O3. The van der Waals surface area contributed by atoms with E-state index in [-0.39, 0.29) is 18.2 Å². The maximum Gasteiger partial charge on any atom is 0.255 e. The summed E-state index contributed by atoms with van der Waals surface area (Å²) < 4.78 is 14.1. The molecule has 2 atom stereocenters. The molecule has 35 heavy (non-hydrogen) atoms. The van der Waals surface area contributed by atoms with E-state index in [9.17, 15) is 24.7 Å². The van der Waals surface area contributed by atoms with Gasteiger partial charge in [-0.15, -0.1) is 0 Å². The number of hydrogen-bond donors (Lipinski definition) is 5. The molecule has 1 aliphatic heterocycles. The summed E-state index contributed by atoms with van der Waals surface area (Å²) >= 11 is 0. The molecule has 5 N–H and O–H groups in total. The van der Waals surface area contributed by atoms with E-state index in [1.165, 1.54) is 20.0 Å². The molecule has 0 aliphatic carbocycles. The number of pyridine rings is 2. The first-order valence-corrected chi connectivity index (χ1v) is 11.5. The van der Waals surface area contributed by atoms with Crippen molar-refractivity contribution in [2.45, 2.75) is 58.0 Å². The highest BCUT2D eigenvalue weighted by Gasteiger charge is 2.27. The first-order chi connectivity index (χ1) is 16.5. The van der Waals surface area contributed by atoms with E-state index in [0.717, 1.165) is 0 Å². The highest BCUT2D eigenvalue weighted by Crippen LogP contribution is 2.27. The fourth-order valence-corrected chi connectivity index (χ4v) is 3.57. The number of alkyl halides is 1. The number of β-amino-alcohol motifs (C(OH)–C–C–N with tert-alkyl or cyclic N) is 1. The number of hydrogen-bond acceptors (Lipinski definition) is 9. The molecule has 11 heteroatoms. The van der Waals surface area contributed by atoms with Crippen LogP contribution in [0.1, 0.15) is 50.0 Å². The fraction of sp³-hybridized carbons (Fsp3) is 0.500. The number of carbonyl (C=O) groups excluding carboxylic acids is 1. The van der Waals surface area contributed by atoms with Crippen molar-refractivity contribution in [3.8, 4) is 6.07 Å². The smallest absolute Gasteiger partial charge is 0.255 e. The zero-order valence-electron chi connectivity index (χ0n) is 20.3. The molecule has 0 radical (unpaired) electrons. The largest absolute Gasteiger partial charge is 0.391 e. The van der Waals surface area contributed by atoms with Crippen molar-refractivity contribution in [1.29, 1.82) is 5.26 Å². The lowest BCUT2D eigenvalue weighted by Crippen LogP contribution is -2.42. The molecule has 1 aliphatic rings. The van der Waals surface area contributed by atoms with Crippen LogP contribution in [0.25, 0.3) is 0 Å². The van der Waals surface area contributed by atoms with Crippen molar-refractivity contribution in [3.63, 3.8) is 0 Å². The standard InChI is InChI=1S/C24H32FN7O3/c1-14(2)29-18-9-21(27-11-17(18)23(34)28-12-19(25)24(3,4)35)30-20-6-5-15(10-26)22(31-20)32-8-7-16(33)13-32/h5-6,9,11,14,16,19,33,35H,7-8,12-13H2,1-4H3,(H,28,34)(H2,27,29,30,31). The Labute approximate surface area is 204 Å². The molecule has 3 rings (SSSR count). The Morgan fingerprint density at radius 3 is 2.71 bits per heavy atom. The maximum absolute atomic E-state index is 14.1. The molecule has 1 saturated heterocycles. The third-order valence-corrected chi connectivity index (χ3v) is 5.52. The lowest BCUT2D eigenvalue weighted by molar-refractivity contribution is -0.00177. The Hall–Kier alpha value is -3.49. The van der Waals surface area contributed by atoms with E-state index in [1.54, 1.807) is 18.2 Å². The van der Waals surface area contributed by atoms with Gasteiger partial charge in [-0.3, -0.25) is 4.79 Å². The van der Waals surface area contributed by atoms with Crippen LogP contribution in [-0.4, -0.2) is 69.6 Å². The van der Waals surface area contributed by atoms with Gasteiger partial charge >= 0.3 is 0 Å². The van der Waals surface area contributed by atoms with Crippen LogP contribution in [-0.2, 0) is 0 Å². The van der Waals surface area contributed by atoms with Crippen molar-refractivity contribution >= 4 is 29.0 Å². The minimum atomic E-state index is -1.63. The van der Waals surface area contributed by atoms with Crippen LogP contribution < -0.4 is 20.9 Å². The van der Waals surface area contributed by atoms with E-state index in [4.69, 9.17) is 0 Å². The van der Waals surface area contributed by atoms with Gasteiger partial charge in [0.15, 0.2) is 0 Å². The van der Waals surface area contributed by atoms with Crippen molar-refractivity contribution in [3.05, 3.63) is 35.5 Å². The molecule has 188 valence electrons. The number of nitrogens with zero attached hydrogens (tertiary/aromatic N) is 4. The second-order valence-electron chi connectivity index (χ2n) is 9.44. The van der Waals surface area contributed by atoms with Crippen LogP contribution in [0.5, 0.6) is 0 Å². The predicted octanol–water partition coefficient (Wildman–Crippen LogP) is 2.32. The van der Waals surface area contributed by atoms with Crippen LogP contribution >= 0.6 is 0 Å². The van der Waals surface area contributed by atoms with Gasteiger partial charge in [0.1, 0.15) is 29.7 Å². The van der Waals surface area contributed by atoms with E-state index >= 15 is 0 Å². The summed E-state index contributed by atoms with van der Waals surface area (Å²) in [6.45, 7) is 7.18. The number of aliphatic hydroxyl groups excluding tert-OH is 1. The van der Waals surface area contributed by atoms with Gasteiger partial charge in [0.25, 0.3) is 5.91 Å². The molecule has 2 aromatic heterocycles. The normalized spacial score (nSPS) is 16.7. The molecule has 0 saturated carbocycles. The Morgan fingerprint density at radius 2 is 2.11 bits per heavy atom. The van der Waals surface area contributed by atoms with E-state index in [1.807, 2.05) is 18.7 Å². The van der Waals surface area contributed by atoms with Crippen molar-refractivity contribution in [2.24, 2.45) is 0 Å². The zero-order valence-corrected chi connectivity index (χ0v) is 20.3. The SMILES string of the molecule is CC(C)Nc1cc(Nc2ccc(C#N)c(N3CCC(O)C3)n2)ncc1C(=O)NCC(F)C(C)(C)O. The predicted molar refractivity (Wildman–Crippen MR) is 132 cm³/mol. The zero-order chi connectivity index (χ0) is 25.8. The second-order valence-corrected chi connectivity index (χ2v) is 9.44. The first kappa shape index (κ1) is 26.1. The van der Waals surface area contributed by atoms with Gasteiger partial charge in [-0.2, -0.15) is 5.26 Å². The van der Waals surface area contributed by atoms with Gasteiger partial charge < -0.3 is 31.1 Å². The average Bonchev–Trinajstić information content (AvgIpc) is 3.22. The summed E-state index contributed by atoms with van der Waals surface area (Å²) in [4.78, 5) is 23.4. The summed E-state index contributed by atoms with van der Waals surface area (Å²) in [6.07, 6.45) is -0.101. The third-order valence-electron chi connectivity index (χ3n) is 5.52. The third kappa shape index (κ3) is 6.77. The van der Waals surface area contributed by atoms with Crippen molar-refractivity contribution < 1.29 is 19.4 Å². The number of aliphatic hydroxyl groups is 2. The van der Waals surface area contributed by atoms with Gasteiger partial charge in [-0.05, 0) is 46.2 Å². The number of amides is 1. The summed E-state index contributed by atoms with van der Waals surface area (Å²) in [7, 11) is 0. The average molecular weight is 486 g/mol. The van der Waals surface area contributed by atoms with E-state index < -0.39 is 23.8 Å². The number of nitriles is 1. The number of halogens is 1. The minimum absolute atomic E-state index is 0.00309. The van der Waals surface area contributed by atoms with Gasteiger partial charge in [-0.25, -0.2) is 14.4 Å². The number of rotatable bonds is 9. The molecular weight excluding hydrogens is 453 g/mol. The first-order valence-electron chi connectivity index (χ1n) is 11.5. The van der Waals surface area contributed by atoms with Crippen molar-refractivity contribution in [2.75, 3.05) is 35.2 Å². The number of nitrogens with one attached hydrogen (secondary N) is 3. The van der Waals surface area contributed by atoms with Crippen LogP contribution in [0.2, 0.25) is 0 Å². The summed E-state index contributed by atoms with van der Waals surface area (Å²) in [5.41, 5.74) is -0.445. The van der Waals surface area contributed by atoms with Crippen LogP contribution in [0.4, 0.5) is 27.5 Å². The van der Waals surface area contributed by atoms with Crippen LogP contribution in [0, 0.1) is 11.3 Å². The molecule has 3 heterocycles. The van der Waals surface area contributed by atoms with Gasteiger partial charge in [-0.1, -0.05) is 0 Å². The molecule has 2 aromatic rings. The highest BCUT2D eigenvalue weighted by molar-refractivity contribution is 5.99. The van der Waals surface area contributed by atoms with Crippen molar-refractivity contribution in [1.82, 2.24) is 15.3 Å². The highest BCUT2D eigenvalue weighted by atomic mass is 19.1. The number of anilines is 4. The van der Waals surface area contributed by atoms with Gasteiger partial charge in [0.2, 0.25) is 0 Å². The Balaban J connectivity index is 1.82. The summed E-state index contributed by atoms with van der Waals surface area (Å²) in [6, 6.07) is 7.10. The molecule has 0 bridgehead atoms. The molecule has 0 spiro atoms.